The Hall–Kier alpha value is -0.570. The van der Waals surface area contributed by atoms with Gasteiger partial charge in [-0.2, -0.15) is 0 Å². The molecule has 0 aromatic rings. The van der Waals surface area contributed by atoms with E-state index < -0.39 is 0 Å². The first-order valence-corrected chi connectivity index (χ1v) is 4.60. The zero-order valence-electron chi connectivity index (χ0n) is 8.26. The van der Waals surface area contributed by atoms with Gasteiger partial charge in [0.1, 0.15) is 0 Å². The van der Waals surface area contributed by atoms with E-state index in [2.05, 4.69) is 19.2 Å². The molecule has 72 valence electrons. The standard InChI is InChI=1S/C9H20N2O/c1-4-5-7(2)11-8(3)6-9(10)12/h7-8,11H,4-6H2,1-3H3,(H2,10,12). The minimum atomic E-state index is -0.237. The lowest BCUT2D eigenvalue weighted by atomic mass is 10.1. The van der Waals surface area contributed by atoms with Gasteiger partial charge >= 0.3 is 0 Å². The molecule has 3 N–H and O–H groups in total. The SMILES string of the molecule is CCCC(C)NC(C)CC(N)=O. The predicted octanol–water partition coefficient (Wildman–Crippen LogP) is 1.03. The number of hydrogen-bond acceptors (Lipinski definition) is 2. The van der Waals surface area contributed by atoms with E-state index in [4.69, 9.17) is 5.73 Å². The van der Waals surface area contributed by atoms with Crippen molar-refractivity contribution in [2.24, 2.45) is 5.73 Å². The van der Waals surface area contributed by atoms with Crippen molar-refractivity contribution in [1.29, 1.82) is 0 Å². The molecule has 0 aromatic heterocycles. The van der Waals surface area contributed by atoms with Crippen LogP contribution < -0.4 is 11.1 Å². The van der Waals surface area contributed by atoms with Crippen molar-refractivity contribution in [3.05, 3.63) is 0 Å². The average Bonchev–Trinajstić information content (AvgIpc) is 1.84. The molecule has 2 unspecified atom stereocenters. The van der Waals surface area contributed by atoms with Crippen LogP contribution in [-0.4, -0.2) is 18.0 Å². The molecule has 3 nitrogen and oxygen atoms in total. The maximum absolute atomic E-state index is 10.5. The minimum absolute atomic E-state index is 0.198. The molecule has 0 heterocycles. The van der Waals surface area contributed by atoms with Gasteiger partial charge in [0.05, 0.1) is 0 Å². The van der Waals surface area contributed by atoms with Crippen LogP contribution in [0, 0.1) is 0 Å². The summed E-state index contributed by atoms with van der Waals surface area (Å²) in [4.78, 5) is 10.5. The second kappa shape index (κ2) is 6.00. The third kappa shape index (κ3) is 6.16. The van der Waals surface area contributed by atoms with Gasteiger partial charge in [-0.05, 0) is 20.3 Å². The topological polar surface area (TPSA) is 55.1 Å². The van der Waals surface area contributed by atoms with Gasteiger partial charge in [-0.1, -0.05) is 13.3 Å². The van der Waals surface area contributed by atoms with Gasteiger partial charge in [0.2, 0.25) is 5.91 Å². The Kier molecular flexibility index (Phi) is 5.72. The molecular weight excluding hydrogens is 152 g/mol. The Balaban J connectivity index is 3.53. The molecule has 3 heteroatoms. The molecule has 0 bridgehead atoms. The first-order chi connectivity index (χ1) is 5.56. The summed E-state index contributed by atoms with van der Waals surface area (Å²) in [5, 5.41) is 3.31. The lowest BCUT2D eigenvalue weighted by Gasteiger charge is -2.18. The van der Waals surface area contributed by atoms with E-state index in [1.165, 1.54) is 0 Å². The third-order valence-corrected chi connectivity index (χ3v) is 1.80. The second-order valence-electron chi connectivity index (χ2n) is 3.43. The van der Waals surface area contributed by atoms with E-state index in [0.29, 0.717) is 12.5 Å². The average molecular weight is 172 g/mol. The summed E-state index contributed by atoms with van der Waals surface area (Å²) >= 11 is 0. The number of nitrogens with one attached hydrogen (secondary N) is 1. The molecule has 0 aliphatic carbocycles. The van der Waals surface area contributed by atoms with Crippen LogP contribution >= 0.6 is 0 Å². The molecule has 0 radical (unpaired) electrons. The van der Waals surface area contributed by atoms with Gasteiger partial charge in [-0.25, -0.2) is 0 Å². The van der Waals surface area contributed by atoms with Crippen LogP contribution in [-0.2, 0) is 4.79 Å². The number of nitrogens with two attached hydrogens (primary N) is 1. The largest absolute Gasteiger partial charge is 0.370 e. The Morgan fingerprint density at radius 2 is 2.00 bits per heavy atom. The van der Waals surface area contributed by atoms with Crippen molar-refractivity contribution in [3.63, 3.8) is 0 Å². The highest BCUT2D eigenvalue weighted by molar-refractivity contribution is 5.74. The van der Waals surface area contributed by atoms with Crippen molar-refractivity contribution in [3.8, 4) is 0 Å². The summed E-state index contributed by atoms with van der Waals surface area (Å²) in [7, 11) is 0. The first-order valence-electron chi connectivity index (χ1n) is 4.60. The molecule has 0 aliphatic heterocycles. The smallest absolute Gasteiger partial charge is 0.218 e. The van der Waals surface area contributed by atoms with E-state index >= 15 is 0 Å². The van der Waals surface area contributed by atoms with E-state index in [0.717, 1.165) is 12.8 Å². The molecule has 0 saturated carbocycles. The predicted molar refractivity (Wildman–Crippen MR) is 50.8 cm³/mol. The van der Waals surface area contributed by atoms with Crippen LogP contribution in [0.15, 0.2) is 0 Å². The molecule has 12 heavy (non-hydrogen) atoms. The number of amides is 1. The fourth-order valence-corrected chi connectivity index (χ4v) is 1.36. The molecule has 0 aromatic carbocycles. The van der Waals surface area contributed by atoms with Gasteiger partial charge in [0, 0.05) is 18.5 Å². The fraction of sp³-hybridized carbons (Fsp3) is 0.889. The summed E-state index contributed by atoms with van der Waals surface area (Å²) in [5.74, 6) is -0.237. The molecule has 2 atom stereocenters. The van der Waals surface area contributed by atoms with Crippen LogP contribution in [0.5, 0.6) is 0 Å². The Labute approximate surface area is 74.7 Å². The molecule has 0 fully saturated rings. The van der Waals surface area contributed by atoms with E-state index in [-0.39, 0.29) is 11.9 Å². The summed E-state index contributed by atoms with van der Waals surface area (Å²) in [6.07, 6.45) is 2.73. The Morgan fingerprint density at radius 1 is 1.42 bits per heavy atom. The quantitative estimate of drug-likeness (QED) is 0.628. The van der Waals surface area contributed by atoms with Crippen LogP contribution in [0.3, 0.4) is 0 Å². The lowest BCUT2D eigenvalue weighted by molar-refractivity contribution is -0.118. The summed E-state index contributed by atoms with van der Waals surface area (Å²) in [5.41, 5.74) is 5.06. The summed E-state index contributed by atoms with van der Waals surface area (Å²) in [6.45, 7) is 6.26. The molecule has 0 saturated heterocycles. The number of hydrogen-bond donors (Lipinski definition) is 2. The van der Waals surface area contributed by atoms with Gasteiger partial charge in [-0.3, -0.25) is 4.79 Å². The number of rotatable bonds is 6. The van der Waals surface area contributed by atoms with Crippen molar-refractivity contribution >= 4 is 5.91 Å². The van der Waals surface area contributed by atoms with Crippen molar-refractivity contribution < 1.29 is 4.79 Å². The van der Waals surface area contributed by atoms with Crippen LogP contribution in [0.4, 0.5) is 0 Å². The minimum Gasteiger partial charge on any atom is -0.370 e. The number of primary amides is 1. The fourth-order valence-electron chi connectivity index (χ4n) is 1.36. The second-order valence-corrected chi connectivity index (χ2v) is 3.43. The van der Waals surface area contributed by atoms with E-state index in [1.54, 1.807) is 0 Å². The Morgan fingerprint density at radius 3 is 2.42 bits per heavy atom. The molecular formula is C9H20N2O. The first kappa shape index (κ1) is 11.4. The summed E-state index contributed by atoms with van der Waals surface area (Å²) in [6, 6.07) is 0.674. The zero-order valence-corrected chi connectivity index (χ0v) is 8.26. The van der Waals surface area contributed by atoms with Crippen molar-refractivity contribution in [1.82, 2.24) is 5.32 Å². The maximum Gasteiger partial charge on any atom is 0.218 e. The molecule has 0 spiro atoms. The van der Waals surface area contributed by atoms with Gasteiger partial charge < -0.3 is 11.1 Å². The van der Waals surface area contributed by atoms with Crippen LogP contribution in [0.25, 0.3) is 0 Å². The van der Waals surface area contributed by atoms with E-state index in [1.807, 2.05) is 6.92 Å². The van der Waals surface area contributed by atoms with Crippen LogP contribution in [0.1, 0.15) is 40.0 Å². The molecule has 0 aliphatic rings. The van der Waals surface area contributed by atoms with Crippen molar-refractivity contribution in [2.45, 2.75) is 52.1 Å². The third-order valence-electron chi connectivity index (χ3n) is 1.80. The van der Waals surface area contributed by atoms with Crippen LogP contribution in [0.2, 0.25) is 0 Å². The Bertz CT molecular complexity index is 136. The van der Waals surface area contributed by atoms with Gasteiger partial charge in [0.25, 0.3) is 0 Å². The number of carbonyl (C=O) groups is 1. The highest BCUT2D eigenvalue weighted by Gasteiger charge is 2.08. The zero-order chi connectivity index (χ0) is 9.56. The molecule has 0 rings (SSSR count). The number of carbonyl (C=O) groups excluding carboxylic acids is 1. The maximum atomic E-state index is 10.5. The monoisotopic (exact) mass is 172 g/mol. The van der Waals surface area contributed by atoms with Gasteiger partial charge in [0.15, 0.2) is 0 Å². The van der Waals surface area contributed by atoms with E-state index in [9.17, 15) is 4.79 Å². The normalized spacial score (nSPS) is 15.6. The highest BCUT2D eigenvalue weighted by atomic mass is 16.1. The summed E-state index contributed by atoms with van der Waals surface area (Å²) < 4.78 is 0. The van der Waals surface area contributed by atoms with Crippen molar-refractivity contribution in [2.75, 3.05) is 0 Å². The molecule has 1 amide bonds. The lowest BCUT2D eigenvalue weighted by Crippen LogP contribution is -2.37. The highest BCUT2D eigenvalue weighted by Crippen LogP contribution is 1.98. The van der Waals surface area contributed by atoms with Gasteiger partial charge in [-0.15, -0.1) is 0 Å².